The second-order valence-corrected chi connectivity index (χ2v) is 4.11. The number of hydrogen-bond donors (Lipinski definition) is 2. The van der Waals surface area contributed by atoms with Crippen LogP contribution in [0.25, 0.3) is 0 Å². The fourth-order valence-electron chi connectivity index (χ4n) is 1.01. The number of carboxylic acids is 1. The predicted molar refractivity (Wildman–Crippen MR) is 49.9 cm³/mol. The van der Waals surface area contributed by atoms with E-state index in [0.717, 1.165) is 12.1 Å². The van der Waals surface area contributed by atoms with Crippen LogP contribution in [-0.2, 0) is 10.1 Å². The van der Waals surface area contributed by atoms with Crippen LogP contribution >= 0.6 is 0 Å². The van der Waals surface area contributed by atoms with Crippen molar-refractivity contribution in [2.45, 2.75) is 4.90 Å². The van der Waals surface area contributed by atoms with Gasteiger partial charge in [0.15, 0.2) is 0 Å². The first-order valence-corrected chi connectivity index (χ1v) is 5.16. The van der Waals surface area contributed by atoms with Gasteiger partial charge in [0, 0.05) is 12.1 Å². The molecule has 0 unspecified atom stereocenters. The van der Waals surface area contributed by atoms with Crippen molar-refractivity contribution < 1.29 is 27.8 Å². The van der Waals surface area contributed by atoms with Gasteiger partial charge in [-0.25, -0.2) is 4.79 Å². The summed E-state index contributed by atoms with van der Waals surface area (Å²) in [6.45, 7) is 0. The van der Waals surface area contributed by atoms with Crippen molar-refractivity contribution >= 4 is 21.8 Å². The van der Waals surface area contributed by atoms with Crippen LogP contribution in [0.4, 0.5) is 5.69 Å². The standard InChI is InChI=1S/C7H5NO7S/c9-7(10)5-2-1-4(8(11)12)3-6(5)16(13,14)15/h1-3H,(H,9,10)(H,13,14,15). The number of aromatic carboxylic acids is 1. The van der Waals surface area contributed by atoms with Crippen LogP contribution in [0.1, 0.15) is 10.4 Å². The van der Waals surface area contributed by atoms with Gasteiger partial charge in [-0.1, -0.05) is 0 Å². The van der Waals surface area contributed by atoms with Crippen molar-refractivity contribution in [1.82, 2.24) is 0 Å². The number of rotatable bonds is 3. The summed E-state index contributed by atoms with van der Waals surface area (Å²) in [7, 11) is -4.82. The Morgan fingerprint density at radius 1 is 1.38 bits per heavy atom. The van der Waals surface area contributed by atoms with E-state index in [0.29, 0.717) is 6.07 Å². The molecule has 0 atom stereocenters. The van der Waals surface area contributed by atoms with E-state index in [1.807, 2.05) is 0 Å². The summed E-state index contributed by atoms with van der Waals surface area (Å²) in [5.41, 5.74) is -1.36. The van der Waals surface area contributed by atoms with Gasteiger partial charge in [-0.2, -0.15) is 8.42 Å². The number of non-ortho nitro benzene ring substituents is 1. The number of hydrogen-bond acceptors (Lipinski definition) is 5. The molecule has 0 fully saturated rings. The molecular weight excluding hydrogens is 242 g/mol. The first-order valence-electron chi connectivity index (χ1n) is 3.72. The van der Waals surface area contributed by atoms with Gasteiger partial charge in [0.1, 0.15) is 4.90 Å². The van der Waals surface area contributed by atoms with Crippen LogP contribution in [0.15, 0.2) is 23.1 Å². The molecule has 2 N–H and O–H groups in total. The Labute approximate surface area is 89.0 Å². The zero-order valence-electron chi connectivity index (χ0n) is 7.52. The van der Waals surface area contributed by atoms with Gasteiger partial charge in [0.05, 0.1) is 10.5 Å². The molecule has 16 heavy (non-hydrogen) atoms. The van der Waals surface area contributed by atoms with Gasteiger partial charge < -0.3 is 5.11 Å². The highest BCUT2D eigenvalue weighted by Gasteiger charge is 2.23. The molecule has 1 rings (SSSR count). The van der Waals surface area contributed by atoms with Crippen molar-refractivity contribution in [1.29, 1.82) is 0 Å². The lowest BCUT2D eigenvalue weighted by molar-refractivity contribution is -0.385. The number of benzene rings is 1. The average Bonchev–Trinajstić information content (AvgIpc) is 2.15. The molecule has 1 aromatic carbocycles. The topological polar surface area (TPSA) is 135 Å². The van der Waals surface area contributed by atoms with Crippen molar-refractivity contribution in [2.75, 3.05) is 0 Å². The van der Waals surface area contributed by atoms with Crippen LogP contribution in [0, 0.1) is 10.1 Å². The van der Waals surface area contributed by atoms with Crippen LogP contribution in [0.5, 0.6) is 0 Å². The van der Waals surface area contributed by atoms with E-state index >= 15 is 0 Å². The predicted octanol–water partition coefficient (Wildman–Crippen LogP) is 0.540. The molecule has 0 bridgehead atoms. The summed E-state index contributed by atoms with van der Waals surface area (Å²) in [6, 6.07) is 2.06. The molecule has 0 aliphatic rings. The molecule has 0 spiro atoms. The average molecular weight is 247 g/mol. The summed E-state index contributed by atoms with van der Waals surface area (Å²) >= 11 is 0. The third-order valence-electron chi connectivity index (χ3n) is 1.68. The summed E-state index contributed by atoms with van der Waals surface area (Å²) < 4.78 is 30.3. The molecule has 9 heteroatoms. The normalized spacial score (nSPS) is 11.1. The minimum absolute atomic E-state index is 0.485. The number of nitro benzene ring substituents is 1. The molecular formula is C7H5NO7S. The Morgan fingerprint density at radius 3 is 2.31 bits per heavy atom. The molecule has 8 nitrogen and oxygen atoms in total. The van der Waals surface area contributed by atoms with E-state index in [-0.39, 0.29) is 0 Å². The first-order chi connectivity index (χ1) is 7.23. The summed E-state index contributed by atoms with van der Waals surface area (Å²) in [5, 5.41) is 19.0. The maximum Gasteiger partial charge on any atom is 0.337 e. The number of carboxylic acid groups (broad SMARTS) is 1. The monoisotopic (exact) mass is 247 g/mol. The Hall–Kier alpha value is -2.00. The fraction of sp³-hybridized carbons (Fsp3) is 0. The largest absolute Gasteiger partial charge is 0.478 e. The van der Waals surface area contributed by atoms with Gasteiger partial charge >= 0.3 is 5.97 Å². The molecule has 0 aromatic heterocycles. The van der Waals surface area contributed by atoms with Crippen molar-refractivity contribution in [3.63, 3.8) is 0 Å². The second kappa shape index (κ2) is 3.87. The van der Waals surface area contributed by atoms with E-state index in [1.165, 1.54) is 0 Å². The first kappa shape index (κ1) is 12.1. The lowest BCUT2D eigenvalue weighted by Crippen LogP contribution is -2.08. The highest BCUT2D eigenvalue weighted by Crippen LogP contribution is 2.22. The minimum atomic E-state index is -4.82. The molecule has 0 amide bonds. The van der Waals surface area contributed by atoms with Gasteiger partial charge in [-0.3, -0.25) is 14.7 Å². The zero-order valence-corrected chi connectivity index (χ0v) is 8.34. The van der Waals surface area contributed by atoms with E-state index in [1.54, 1.807) is 0 Å². The van der Waals surface area contributed by atoms with E-state index < -0.39 is 37.2 Å². The zero-order chi connectivity index (χ0) is 12.5. The van der Waals surface area contributed by atoms with E-state index in [9.17, 15) is 23.3 Å². The molecule has 0 aliphatic heterocycles. The number of nitro groups is 1. The van der Waals surface area contributed by atoms with Crippen LogP contribution in [-0.4, -0.2) is 29.0 Å². The number of nitrogens with zero attached hydrogens (tertiary/aromatic N) is 1. The van der Waals surface area contributed by atoms with Crippen molar-refractivity contribution in [3.05, 3.63) is 33.9 Å². The Kier molecular flexibility index (Phi) is 2.92. The summed E-state index contributed by atoms with van der Waals surface area (Å²) in [4.78, 5) is 19.0. The molecule has 0 heterocycles. The van der Waals surface area contributed by atoms with Gasteiger partial charge in [0.2, 0.25) is 0 Å². The van der Waals surface area contributed by atoms with Gasteiger partial charge in [-0.15, -0.1) is 0 Å². The van der Waals surface area contributed by atoms with Crippen LogP contribution in [0.2, 0.25) is 0 Å². The Bertz CT molecular complexity index is 562. The third kappa shape index (κ3) is 2.32. The molecule has 0 saturated carbocycles. The molecule has 0 aliphatic carbocycles. The van der Waals surface area contributed by atoms with Crippen molar-refractivity contribution in [3.8, 4) is 0 Å². The lowest BCUT2D eigenvalue weighted by atomic mass is 10.2. The molecule has 86 valence electrons. The molecule has 1 aromatic rings. The Morgan fingerprint density at radius 2 is 1.94 bits per heavy atom. The minimum Gasteiger partial charge on any atom is -0.478 e. The summed E-state index contributed by atoms with van der Waals surface area (Å²) in [5.74, 6) is -1.61. The van der Waals surface area contributed by atoms with Gasteiger partial charge in [-0.05, 0) is 6.07 Å². The lowest BCUT2D eigenvalue weighted by Gasteiger charge is -2.01. The van der Waals surface area contributed by atoms with Gasteiger partial charge in [0.25, 0.3) is 15.8 Å². The van der Waals surface area contributed by atoms with Crippen molar-refractivity contribution in [2.24, 2.45) is 0 Å². The fourth-order valence-corrected chi connectivity index (χ4v) is 1.72. The second-order valence-electron chi connectivity index (χ2n) is 2.72. The van der Waals surface area contributed by atoms with E-state index in [4.69, 9.17) is 9.66 Å². The maximum absolute atomic E-state index is 10.8. The van der Waals surface area contributed by atoms with Crippen LogP contribution in [0.3, 0.4) is 0 Å². The number of carbonyl (C=O) groups is 1. The molecule has 0 radical (unpaired) electrons. The smallest absolute Gasteiger partial charge is 0.337 e. The van der Waals surface area contributed by atoms with Crippen LogP contribution < -0.4 is 0 Å². The SMILES string of the molecule is O=C(O)c1ccc([N+](=O)[O-])cc1S(=O)(=O)O. The van der Waals surface area contributed by atoms with E-state index in [2.05, 4.69) is 0 Å². The quantitative estimate of drug-likeness (QED) is 0.452. The highest BCUT2D eigenvalue weighted by molar-refractivity contribution is 7.86. The maximum atomic E-state index is 10.8. The third-order valence-corrected chi connectivity index (χ3v) is 2.58. The summed E-state index contributed by atoms with van der Waals surface area (Å²) in [6.07, 6.45) is 0. The highest BCUT2D eigenvalue weighted by atomic mass is 32.2. The Balaban J connectivity index is 3.58. The molecule has 0 saturated heterocycles.